The minimum Gasteiger partial charge on any atom is -0.387 e. The van der Waals surface area contributed by atoms with Crippen LogP contribution in [0, 0.1) is 12.3 Å². The summed E-state index contributed by atoms with van der Waals surface area (Å²) in [5.74, 6) is 2.40. The second-order valence-corrected chi connectivity index (χ2v) is 3.10. The average Bonchev–Trinajstić information content (AvgIpc) is 2.18. The van der Waals surface area contributed by atoms with Crippen LogP contribution in [0.15, 0.2) is 24.3 Å². The monoisotopic (exact) mass is 188 g/mol. The number of aliphatic hydroxyl groups excluding tert-OH is 1. The summed E-state index contributed by atoms with van der Waals surface area (Å²) in [5, 5.41) is 9.52. The maximum Gasteiger partial charge on any atom is 0.159 e. The van der Waals surface area contributed by atoms with Gasteiger partial charge in [0.05, 0.1) is 6.10 Å². The lowest BCUT2D eigenvalue weighted by molar-refractivity contribution is 0.101. The Labute approximate surface area is 83.6 Å². The highest BCUT2D eigenvalue weighted by molar-refractivity contribution is 5.94. The molecule has 0 amide bonds. The van der Waals surface area contributed by atoms with Gasteiger partial charge in [0.1, 0.15) is 0 Å². The van der Waals surface area contributed by atoms with Crippen molar-refractivity contribution in [2.45, 2.75) is 19.4 Å². The molecule has 0 bridgehead atoms. The van der Waals surface area contributed by atoms with Gasteiger partial charge in [0.15, 0.2) is 5.78 Å². The van der Waals surface area contributed by atoms with Crippen LogP contribution in [0.25, 0.3) is 0 Å². The zero-order valence-corrected chi connectivity index (χ0v) is 8.03. The third kappa shape index (κ3) is 2.45. The van der Waals surface area contributed by atoms with E-state index < -0.39 is 6.10 Å². The number of hydrogen-bond acceptors (Lipinski definition) is 2. The van der Waals surface area contributed by atoms with Gasteiger partial charge in [0, 0.05) is 12.0 Å². The Morgan fingerprint density at radius 2 is 2.07 bits per heavy atom. The predicted octanol–water partition coefficient (Wildman–Crippen LogP) is 1.95. The van der Waals surface area contributed by atoms with Crippen LogP contribution in [0.2, 0.25) is 0 Å². The molecule has 0 aliphatic rings. The minimum atomic E-state index is -0.638. The molecule has 1 aromatic rings. The van der Waals surface area contributed by atoms with Crippen molar-refractivity contribution in [1.82, 2.24) is 0 Å². The molecule has 1 N–H and O–H groups in total. The maximum absolute atomic E-state index is 11.0. The standard InChI is InChI=1S/C12H12O2/c1-3-4-12(14)11-7-5-10(6-8-11)9(2)13/h1,5-8,12,14H,4H2,2H3. The molecular weight excluding hydrogens is 176 g/mol. The van der Waals surface area contributed by atoms with Gasteiger partial charge < -0.3 is 5.11 Å². The van der Waals surface area contributed by atoms with Gasteiger partial charge in [-0.1, -0.05) is 24.3 Å². The van der Waals surface area contributed by atoms with Crippen molar-refractivity contribution in [3.63, 3.8) is 0 Å². The van der Waals surface area contributed by atoms with E-state index in [0.717, 1.165) is 5.56 Å². The summed E-state index contributed by atoms with van der Waals surface area (Å²) in [6.07, 6.45) is 4.73. The van der Waals surface area contributed by atoms with Crippen LogP contribution in [0.3, 0.4) is 0 Å². The van der Waals surface area contributed by atoms with E-state index in [1.165, 1.54) is 6.92 Å². The van der Waals surface area contributed by atoms with Crippen LogP contribution in [-0.4, -0.2) is 10.9 Å². The molecule has 1 unspecified atom stereocenters. The van der Waals surface area contributed by atoms with Crippen LogP contribution in [0.1, 0.15) is 35.4 Å². The third-order valence-corrected chi connectivity index (χ3v) is 2.01. The van der Waals surface area contributed by atoms with Crippen LogP contribution in [0.4, 0.5) is 0 Å². The van der Waals surface area contributed by atoms with Crippen LogP contribution in [-0.2, 0) is 0 Å². The molecule has 2 nitrogen and oxygen atoms in total. The predicted molar refractivity (Wildman–Crippen MR) is 54.9 cm³/mol. The number of ketones is 1. The molecule has 0 aliphatic carbocycles. The van der Waals surface area contributed by atoms with Gasteiger partial charge in [0.2, 0.25) is 0 Å². The van der Waals surface area contributed by atoms with Gasteiger partial charge in [-0.2, -0.15) is 0 Å². The maximum atomic E-state index is 11.0. The summed E-state index contributed by atoms with van der Waals surface area (Å²) in [5.41, 5.74) is 1.38. The first-order valence-electron chi connectivity index (χ1n) is 4.37. The quantitative estimate of drug-likeness (QED) is 0.581. The zero-order valence-electron chi connectivity index (χ0n) is 8.03. The SMILES string of the molecule is C#CCC(O)c1ccc(C(C)=O)cc1. The fourth-order valence-corrected chi connectivity index (χ4v) is 1.17. The van der Waals surface area contributed by atoms with Gasteiger partial charge in [-0.25, -0.2) is 0 Å². The highest BCUT2D eigenvalue weighted by atomic mass is 16.3. The van der Waals surface area contributed by atoms with E-state index in [0.29, 0.717) is 12.0 Å². The number of carbonyl (C=O) groups is 1. The van der Waals surface area contributed by atoms with Gasteiger partial charge in [0.25, 0.3) is 0 Å². The fourth-order valence-electron chi connectivity index (χ4n) is 1.17. The first kappa shape index (κ1) is 10.5. The van der Waals surface area contributed by atoms with Gasteiger partial charge in [-0.15, -0.1) is 12.3 Å². The topological polar surface area (TPSA) is 37.3 Å². The van der Waals surface area contributed by atoms with E-state index in [1.54, 1.807) is 24.3 Å². The first-order valence-corrected chi connectivity index (χ1v) is 4.37. The number of Topliss-reactive ketones (excluding diaryl/α,β-unsaturated/α-hetero) is 1. The Morgan fingerprint density at radius 1 is 1.50 bits per heavy atom. The van der Waals surface area contributed by atoms with Crippen molar-refractivity contribution in [3.05, 3.63) is 35.4 Å². The van der Waals surface area contributed by atoms with Gasteiger partial charge in [-0.05, 0) is 12.5 Å². The fraction of sp³-hybridized carbons (Fsp3) is 0.250. The van der Waals surface area contributed by atoms with Crippen molar-refractivity contribution in [3.8, 4) is 12.3 Å². The molecular formula is C12H12O2. The minimum absolute atomic E-state index is 0.0167. The van der Waals surface area contributed by atoms with Crippen molar-refractivity contribution >= 4 is 5.78 Å². The molecule has 1 rings (SSSR count). The highest BCUT2D eigenvalue weighted by Crippen LogP contribution is 2.16. The van der Waals surface area contributed by atoms with Crippen LogP contribution in [0.5, 0.6) is 0 Å². The number of terminal acetylenes is 1. The van der Waals surface area contributed by atoms with Crippen molar-refractivity contribution in [1.29, 1.82) is 0 Å². The molecule has 0 saturated heterocycles. The first-order chi connectivity index (χ1) is 6.65. The Morgan fingerprint density at radius 3 is 2.50 bits per heavy atom. The highest BCUT2D eigenvalue weighted by Gasteiger charge is 2.06. The van der Waals surface area contributed by atoms with Crippen LogP contribution < -0.4 is 0 Å². The Balaban J connectivity index is 2.84. The number of carbonyl (C=O) groups excluding carboxylic acids is 1. The average molecular weight is 188 g/mol. The lowest BCUT2D eigenvalue weighted by atomic mass is 10.0. The molecule has 0 radical (unpaired) electrons. The van der Waals surface area contributed by atoms with E-state index in [9.17, 15) is 9.90 Å². The molecule has 1 atom stereocenters. The summed E-state index contributed by atoms with van der Waals surface area (Å²) in [4.78, 5) is 11.0. The molecule has 0 aliphatic heterocycles. The van der Waals surface area contributed by atoms with Crippen molar-refractivity contribution in [2.24, 2.45) is 0 Å². The summed E-state index contributed by atoms with van der Waals surface area (Å²) < 4.78 is 0. The summed E-state index contributed by atoms with van der Waals surface area (Å²) in [6, 6.07) is 6.83. The number of aliphatic hydroxyl groups is 1. The van der Waals surface area contributed by atoms with E-state index >= 15 is 0 Å². The van der Waals surface area contributed by atoms with Crippen LogP contribution >= 0.6 is 0 Å². The molecule has 0 spiro atoms. The molecule has 0 heterocycles. The molecule has 0 fully saturated rings. The summed E-state index contributed by atoms with van der Waals surface area (Å²) >= 11 is 0. The van der Waals surface area contributed by atoms with E-state index in [1.807, 2.05) is 0 Å². The van der Waals surface area contributed by atoms with E-state index in [4.69, 9.17) is 6.42 Å². The van der Waals surface area contributed by atoms with Gasteiger partial charge >= 0.3 is 0 Å². The van der Waals surface area contributed by atoms with E-state index in [-0.39, 0.29) is 5.78 Å². The van der Waals surface area contributed by atoms with Crippen molar-refractivity contribution in [2.75, 3.05) is 0 Å². The smallest absolute Gasteiger partial charge is 0.159 e. The lowest BCUT2D eigenvalue weighted by Gasteiger charge is -2.07. The molecule has 2 heteroatoms. The molecule has 72 valence electrons. The largest absolute Gasteiger partial charge is 0.387 e. The summed E-state index contributed by atoms with van der Waals surface area (Å²) in [6.45, 7) is 1.51. The lowest BCUT2D eigenvalue weighted by Crippen LogP contribution is -1.97. The normalized spacial score (nSPS) is 11.8. The Hall–Kier alpha value is -1.59. The molecule has 0 aromatic heterocycles. The van der Waals surface area contributed by atoms with E-state index in [2.05, 4.69) is 5.92 Å². The summed E-state index contributed by atoms with van der Waals surface area (Å²) in [7, 11) is 0. The number of benzene rings is 1. The Kier molecular flexibility index (Phi) is 3.44. The second kappa shape index (κ2) is 4.59. The molecule has 0 saturated carbocycles. The molecule has 14 heavy (non-hydrogen) atoms. The van der Waals surface area contributed by atoms with Gasteiger partial charge in [-0.3, -0.25) is 4.79 Å². The number of rotatable bonds is 3. The Bertz CT molecular complexity index is 357. The second-order valence-electron chi connectivity index (χ2n) is 3.10. The number of hydrogen-bond donors (Lipinski definition) is 1. The molecule has 1 aromatic carbocycles. The third-order valence-electron chi connectivity index (χ3n) is 2.01. The van der Waals surface area contributed by atoms with Crippen molar-refractivity contribution < 1.29 is 9.90 Å². The zero-order chi connectivity index (χ0) is 10.6.